The SMILES string of the molecule is Cc1ccc(C)c2c1SCC(C)N2C(=O)C(=O)O. The van der Waals surface area contributed by atoms with Crippen molar-refractivity contribution in [2.24, 2.45) is 0 Å². The molecule has 0 bridgehead atoms. The van der Waals surface area contributed by atoms with E-state index in [4.69, 9.17) is 5.11 Å². The highest BCUT2D eigenvalue weighted by Crippen LogP contribution is 2.41. The van der Waals surface area contributed by atoms with Crippen molar-refractivity contribution in [3.05, 3.63) is 23.3 Å². The van der Waals surface area contributed by atoms with Crippen LogP contribution < -0.4 is 4.90 Å². The Morgan fingerprint density at radius 1 is 1.33 bits per heavy atom. The maximum Gasteiger partial charge on any atom is 0.394 e. The van der Waals surface area contributed by atoms with Gasteiger partial charge in [0.25, 0.3) is 0 Å². The van der Waals surface area contributed by atoms with Gasteiger partial charge < -0.3 is 5.11 Å². The van der Waals surface area contributed by atoms with Crippen molar-refractivity contribution in [1.29, 1.82) is 0 Å². The van der Waals surface area contributed by atoms with Crippen molar-refractivity contribution >= 4 is 29.3 Å². The first-order valence-electron chi connectivity index (χ1n) is 5.73. The molecule has 1 aliphatic heterocycles. The first kappa shape index (κ1) is 13.0. The van der Waals surface area contributed by atoms with Crippen LogP contribution in [0.4, 0.5) is 5.69 Å². The number of hydrogen-bond acceptors (Lipinski definition) is 3. The Kier molecular flexibility index (Phi) is 3.34. The minimum atomic E-state index is -1.40. The van der Waals surface area contributed by atoms with Gasteiger partial charge in [-0.05, 0) is 31.9 Å². The van der Waals surface area contributed by atoms with E-state index in [-0.39, 0.29) is 6.04 Å². The number of aryl methyl sites for hydroxylation is 2. The predicted octanol–water partition coefficient (Wildman–Crippen LogP) is 2.22. The van der Waals surface area contributed by atoms with Crippen LogP contribution in [-0.2, 0) is 9.59 Å². The van der Waals surface area contributed by atoms with Crippen LogP contribution in [0.3, 0.4) is 0 Å². The lowest BCUT2D eigenvalue weighted by molar-refractivity contribution is -0.149. The van der Waals surface area contributed by atoms with Gasteiger partial charge in [-0.1, -0.05) is 12.1 Å². The minimum Gasteiger partial charge on any atom is -0.474 e. The van der Waals surface area contributed by atoms with Gasteiger partial charge in [0.05, 0.1) is 5.69 Å². The quantitative estimate of drug-likeness (QED) is 0.731. The number of carboxylic acids is 1. The first-order chi connectivity index (χ1) is 8.43. The van der Waals surface area contributed by atoms with Gasteiger partial charge in [0, 0.05) is 16.7 Å². The summed E-state index contributed by atoms with van der Waals surface area (Å²) in [7, 11) is 0. The highest BCUT2D eigenvalue weighted by atomic mass is 32.2. The zero-order valence-electron chi connectivity index (χ0n) is 10.6. The van der Waals surface area contributed by atoms with Gasteiger partial charge in [-0.15, -0.1) is 11.8 Å². The maximum atomic E-state index is 11.9. The molecule has 0 aliphatic carbocycles. The number of rotatable bonds is 0. The molecule has 1 unspecified atom stereocenters. The molecule has 0 saturated heterocycles. The van der Waals surface area contributed by atoms with Gasteiger partial charge in [-0.25, -0.2) is 4.79 Å². The zero-order valence-corrected chi connectivity index (χ0v) is 11.4. The second kappa shape index (κ2) is 4.65. The largest absolute Gasteiger partial charge is 0.474 e. The molecular formula is C13H15NO3S. The summed E-state index contributed by atoms with van der Waals surface area (Å²) >= 11 is 1.68. The van der Waals surface area contributed by atoms with E-state index in [1.54, 1.807) is 11.8 Å². The highest BCUT2D eigenvalue weighted by molar-refractivity contribution is 7.99. The molecule has 4 nitrogen and oxygen atoms in total. The van der Waals surface area contributed by atoms with Crippen LogP contribution in [0.1, 0.15) is 18.1 Å². The molecule has 1 amide bonds. The number of benzene rings is 1. The number of fused-ring (bicyclic) bond motifs is 1. The topological polar surface area (TPSA) is 57.6 Å². The summed E-state index contributed by atoms with van der Waals surface area (Å²) in [6.45, 7) is 5.75. The van der Waals surface area contributed by atoms with Crippen LogP contribution in [0.15, 0.2) is 17.0 Å². The Morgan fingerprint density at radius 2 is 1.94 bits per heavy atom. The zero-order chi connectivity index (χ0) is 13.4. The van der Waals surface area contributed by atoms with E-state index in [9.17, 15) is 9.59 Å². The van der Waals surface area contributed by atoms with E-state index < -0.39 is 11.9 Å². The minimum absolute atomic E-state index is 0.105. The van der Waals surface area contributed by atoms with Crippen LogP contribution in [-0.4, -0.2) is 28.8 Å². The molecule has 18 heavy (non-hydrogen) atoms. The van der Waals surface area contributed by atoms with Gasteiger partial charge in [-0.2, -0.15) is 0 Å². The average Bonchev–Trinajstić information content (AvgIpc) is 2.32. The lowest BCUT2D eigenvalue weighted by atomic mass is 10.1. The maximum absolute atomic E-state index is 11.9. The molecule has 1 N–H and O–H groups in total. The van der Waals surface area contributed by atoms with E-state index in [1.165, 1.54) is 4.90 Å². The van der Waals surface area contributed by atoms with Crippen LogP contribution >= 0.6 is 11.8 Å². The third-order valence-electron chi connectivity index (χ3n) is 3.08. The summed E-state index contributed by atoms with van der Waals surface area (Å²) < 4.78 is 0. The summed E-state index contributed by atoms with van der Waals surface area (Å²) in [6.07, 6.45) is 0. The van der Waals surface area contributed by atoms with Crippen molar-refractivity contribution in [2.45, 2.75) is 31.7 Å². The number of aliphatic carboxylic acids is 1. The molecule has 2 rings (SSSR count). The third-order valence-corrected chi connectivity index (χ3v) is 4.54. The molecular weight excluding hydrogens is 250 g/mol. The highest BCUT2D eigenvalue weighted by Gasteiger charge is 2.34. The van der Waals surface area contributed by atoms with Gasteiger partial charge >= 0.3 is 11.9 Å². The first-order valence-corrected chi connectivity index (χ1v) is 6.71. The second-order valence-electron chi connectivity index (χ2n) is 4.52. The van der Waals surface area contributed by atoms with Crippen molar-refractivity contribution < 1.29 is 14.7 Å². The molecule has 0 spiro atoms. The molecule has 96 valence electrons. The van der Waals surface area contributed by atoms with E-state index in [0.717, 1.165) is 27.5 Å². The number of carbonyl (C=O) groups excluding carboxylic acids is 1. The summed E-state index contributed by atoms with van der Waals surface area (Å²) in [6, 6.07) is 3.82. The summed E-state index contributed by atoms with van der Waals surface area (Å²) in [5.74, 6) is -1.53. The van der Waals surface area contributed by atoms with E-state index in [2.05, 4.69) is 0 Å². The number of hydrogen-bond donors (Lipinski definition) is 1. The number of amides is 1. The van der Waals surface area contributed by atoms with Crippen LogP contribution in [0.25, 0.3) is 0 Å². The van der Waals surface area contributed by atoms with E-state index in [1.807, 2.05) is 32.9 Å². The Hall–Kier alpha value is -1.49. The normalized spacial score (nSPS) is 18.4. The number of anilines is 1. The Balaban J connectivity index is 2.60. The number of carbonyl (C=O) groups is 2. The molecule has 1 aromatic rings. The molecule has 0 fully saturated rings. The molecule has 0 aromatic heterocycles. The molecule has 0 saturated carbocycles. The van der Waals surface area contributed by atoms with E-state index >= 15 is 0 Å². The number of nitrogens with zero attached hydrogens (tertiary/aromatic N) is 1. The van der Waals surface area contributed by atoms with E-state index in [0.29, 0.717) is 0 Å². The average molecular weight is 265 g/mol. The second-order valence-corrected chi connectivity index (χ2v) is 5.55. The summed E-state index contributed by atoms with van der Waals surface area (Å²) in [5.41, 5.74) is 2.77. The van der Waals surface area contributed by atoms with Crippen molar-refractivity contribution in [2.75, 3.05) is 10.7 Å². The van der Waals surface area contributed by atoms with Crippen molar-refractivity contribution in [3.63, 3.8) is 0 Å². The molecule has 5 heteroatoms. The summed E-state index contributed by atoms with van der Waals surface area (Å²) in [4.78, 5) is 25.2. The van der Waals surface area contributed by atoms with Gasteiger partial charge in [0.2, 0.25) is 0 Å². The van der Waals surface area contributed by atoms with Gasteiger partial charge in [0.15, 0.2) is 0 Å². The third kappa shape index (κ3) is 1.99. The number of thioether (sulfide) groups is 1. The lowest BCUT2D eigenvalue weighted by Crippen LogP contribution is -2.46. The molecule has 1 aromatic carbocycles. The van der Waals surface area contributed by atoms with Crippen LogP contribution in [0, 0.1) is 13.8 Å². The van der Waals surface area contributed by atoms with Crippen molar-refractivity contribution in [3.8, 4) is 0 Å². The fraction of sp³-hybridized carbons (Fsp3) is 0.385. The molecule has 1 aliphatic rings. The molecule has 0 radical (unpaired) electrons. The molecule has 1 heterocycles. The fourth-order valence-corrected chi connectivity index (χ4v) is 3.40. The van der Waals surface area contributed by atoms with Crippen LogP contribution in [0.2, 0.25) is 0 Å². The molecule has 1 atom stereocenters. The van der Waals surface area contributed by atoms with Gasteiger partial charge in [-0.3, -0.25) is 9.69 Å². The Labute approximate surface area is 110 Å². The standard InChI is InChI=1S/C13H15NO3S/c1-7-4-5-8(2)11-10(7)14(9(3)6-18-11)12(15)13(16)17/h4-5,9H,6H2,1-3H3,(H,16,17). The Morgan fingerprint density at radius 3 is 2.56 bits per heavy atom. The van der Waals surface area contributed by atoms with Gasteiger partial charge in [0.1, 0.15) is 0 Å². The number of carboxylic acid groups (broad SMARTS) is 1. The van der Waals surface area contributed by atoms with Crippen LogP contribution in [0.5, 0.6) is 0 Å². The van der Waals surface area contributed by atoms with Crippen molar-refractivity contribution in [1.82, 2.24) is 0 Å². The smallest absolute Gasteiger partial charge is 0.394 e. The fourth-order valence-electron chi connectivity index (χ4n) is 2.16. The monoisotopic (exact) mass is 265 g/mol. The Bertz CT molecular complexity index is 527. The predicted molar refractivity (Wildman–Crippen MR) is 71.2 cm³/mol. The summed E-state index contributed by atoms with van der Waals surface area (Å²) in [5, 5.41) is 8.94. The lowest BCUT2D eigenvalue weighted by Gasteiger charge is -2.35.